The molecule has 4 heteroatoms. The van der Waals surface area contributed by atoms with Crippen LogP contribution in [0.5, 0.6) is 11.5 Å². The SMILES string of the molecule is COc1ccc(O)c2c1CC[C@]1(C2)OC(C)(C)O[C@@H]1C. The van der Waals surface area contributed by atoms with Crippen molar-refractivity contribution in [3.63, 3.8) is 0 Å². The first-order valence-corrected chi connectivity index (χ1v) is 7.12. The number of fused-ring (bicyclic) bond motifs is 1. The molecule has 0 bridgehead atoms. The third kappa shape index (κ3) is 1.98. The van der Waals surface area contributed by atoms with Crippen molar-refractivity contribution < 1.29 is 19.3 Å². The van der Waals surface area contributed by atoms with Crippen LogP contribution >= 0.6 is 0 Å². The molecule has 0 radical (unpaired) electrons. The van der Waals surface area contributed by atoms with Gasteiger partial charge >= 0.3 is 0 Å². The van der Waals surface area contributed by atoms with Crippen molar-refractivity contribution in [1.82, 2.24) is 0 Å². The number of ether oxygens (including phenoxy) is 3. The van der Waals surface area contributed by atoms with Gasteiger partial charge in [-0.3, -0.25) is 0 Å². The van der Waals surface area contributed by atoms with Gasteiger partial charge in [0.2, 0.25) is 0 Å². The van der Waals surface area contributed by atoms with E-state index in [-0.39, 0.29) is 11.7 Å². The average molecular weight is 278 g/mol. The van der Waals surface area contributed by atoms with Gasteiger partial charge in [0.05, 0.1) is 13.2 Å². The first-order valence-electron chi connectivity index (χ1n) is 7.12. The fraction of sp³-hybridized carbons (Fsp3) is 0.625. The summed E-state index contributed by atoms with van der Waals surface area (Å²) in [6.45, 7) is 5.94. The Labute approximate surface area is 119 Å². The highest BCUT2D eigenvalue weighted by atomic mass is 16.8. The van der Waals surface area contributed by atoms with Crippen LogP contribution in [0.2, 0.25) is 0 Å². The lowest BCUT2D eigenvalue weighted by molar-refractivity contribution is -0.164. The van der Waals surface area contributed by atoms with Crippen LogP contribution in [0.3, 0.4) is 0 Å². The molecule has 0 aromatic heterocycles. The predicted octanol–water partition coefficient (Wildman–Crippen LogP) is 2.80. The Morgan fingerprint density at radius 1 is 1.30 bits per heavy atom. The zero-order chi connectivity index (χ0) is 14.5. The number of aromatic hydroxyl groups is 1. The fourth-order valence-electron chi connectivity index (χ4n) is 3.61. The van der Waals surface area contributed by atoms with Crippen molar-refractivity contribution in [3.8, 4) is 11.5 Å². The molecule has 20 heavy (non-hydrogen) atoms. The molecule has 1 heterocycles. The monoisotopic (exact) mass is 278 g/mol. The number of hydrogen-bond donors (Lipinski definition) is 1. The normalized spacial score (nSPS) is 31.3. The second-order valence-corrected chi connectivity index (χ2v) is 6.25. The third-order valence-corrected chi connectivity index (χ3v) is 4.51. The highest BCUT2D eigenvalue weighted by molar-refractivity contribution is 5.50. The highest BCUT2D eigenvalue weighted by Gasteiger charge is 2.52. The lowest BCUT2D eigenvalue weighted by atomic mass is 9.77. The zero-order valence-electron chi connectivity index (χ0n) is 12.5. The van der Waals surface area contributed by atoms with Gasteiger partial charge in [-0.2, -0.15) is 0 Å². The molecule has 1 fully saturated rings. The molecule has 1 saturated heterocycles. The molecule has 0 saturated carbocycles. The van der Waals surface area contributed by atoms with E-state index in [9.17, 15) is 5.11 Å². The third-order valence-electron chi connectivity index (χ3n) is 4.51. The standard InChI is InChI=1S/C16H22O4/c1-10-16(20-15(2,3)19-10)8-7-11-12(9-16)13(17)5-6-14(11)18-4/h5-6,10,17H,7-9H2,1-4H3/t10-,16-/m1/s1. The molecular formula is C16H22O4. The van der Waals surface area contributed by atoms with Gasteiger partial charge < -0.3 is 19.3 Å². The minimum atomic E-state index is -0.564. The van der Waals surface area contributed by atoms with E-state index in [0.29, 0.717) is 12.2 Å². The summed E-state index contributed by atoms with van der Waals surface area (Å²) in [4.78, 5) is 0. The minimum Gasteiger partial charge on any atom is -0.508 e. The largest absolute Gasteiger partial charge is 0.508 e. The van der Waals surface area contributed by atoms with Gasteiger partial charge in [0.15, 0.2) is 5.79 Å². The van der Waals surface area contributed by atoms with Crippen LogP contribution in [0.1, 0.15) is 38.3 Å². The molecule has 2 atom stereocenters. The summed E-state index contributed by atoms with van der Waals surface area (Å²) in [5.74, 6) is 0.602. The molecule has 3 rings (SSSR count). The number of phenols is 1. The molecule has 1 N–H and O–H groups in total. The maximum atomic E-state index is 10.2. The molecule has 4 nitrogen and oxygen atoms in total. The van der Waals surface area contributed by atoms with Crippen molar-refractivity contribution in [1.29, 1.82) is 0 Å². The molecule has 1 aromatic carbocycles. The summed E-state index contributed by atoms with van der Waals surface area (Å²) in [6.07, 6.45) is 2.38. The minimum absolute atomic E-state index is 0.0104. The number of hydrogen-bond acceptors (Lipinski definition) is 4. The van der Waals surface area contributed by atoms with E-state index in [1.54, 1.807) is 13.2 Å². The van der Waals surface area contributed by atoms with Gasteiger partial charge in [-0.25, -0.2) is 0 Å². The Balaban J connectivity index is 2.00. The van der Waals surface area contributed by atoms with E-state index in [4.69, 9.17) is 14.2 Å². The van der Waals surface area contributed by atoms with E-state index in [2.05, 4.69) is 6.92 Å². The molecule has 110 valence electrons. The Morgan fingerprint density at radius 2 is 2.05 bits per heavy atom. The van der Waals surface area contributed by atoms with Crippen molar-refractivity contribution in [2.75, 3.05) is 7.11 Å². The molecular weight excluding hydrogens is 256 g/mol. The van der Waals surface area contributed by atoms with E-state index >= 15 is 0 Å². The van der Waals surface area contributed by atoms with Gasteiger partial charge in [-0.15, -0.1) is 0 Å². The first-order chi connectivity index (χ1) is 9.37. The van der Waals surface area contributed by atoms with Crippen molar-refractivity contribution in [2.24, 2.45) is 0 Å². The maximum Gasteiger partial charge on any atom is 0.164 e. The highest BCUT2D eigenvalue weighted by Crippen LogP contribution is 2.47. The smallest absolute Gasteiger partial charge is 0.164 e. The van der Waals surface area contributed by atoms with Gasteiger partial charge in [-0.1, -0.05) is 0 Å². The summed E-state index contributed by atoms with van der Waals surface area (Å²) in [6, 6.07) is 3.52. The van der Waals surface area contributed by atoms with E-state index in [0.717, 1.165) is 29.7 Å². The van der Waals surface area contributed by atoms with Crippen LogP contribution in [0.25, 0.3) is 0 Å². The lowest BCUT2D eigenvalue weighted by Crippen LogP contribution is -2.44. The van der Waals surface area contributed by atoms with Crippen LogP contribution in [0, 0.1) is 0 Å². The second-order valence-electron chi connectivity index (χ2n) is 6.25. The summed E-state index contributed by atoms with van der Waals surface area (Å²) in [7, 11) is 1.66. The summed E-state index contributed by atoms with van der Waals surface area (Å²) in [5, 5.41) is 10.2. The number of benzene rings is 1. The second kappa shape index (κ2) is 4.37. The van der Waals surface area contributed by atoms with E-state index in [1.807, 2.05) is 19.9 Å². The van der Waals surface area contributed by atoms with E-state index in [1.165, 1.54) is 0 Å². The quantitative estimate of drug-likeness (QED) is 0.858. The van der Waals surface area contributed by atoms with Crippen LogP contribution in [0.4, 0.5) is 0 Å². The number of phenolic OH excluding ortho intramolecular Hbond substituents is 1. The molecule has 1 spiro atoms. The Hall–Kier alpha value is -1.26. The molecule has 0 amide bonds. The predicted molar refractivity (Wildman–Crippen MR) is 75.1 cm³/mol. The maximum absolute atomic E-state index is 10.2. The summed E-state index contributed by atoms with van der Waals surface area (Å²) in [5.41, 5.74) is 1.68. The molecule has 1 aliphatic heterocycles. The van der Waals surface area contributed by atoms with Crippen molar-refractivity contribution >= 4 is 0 Å². The molecule has 1 aromatic rings. The summed E-state index contributed by atoms with van der Waals surface area (Å²) >= 11 is 0. The first kappa shape index (κ1) is 13.7. The number of methoxy groups -OCH3 is 1. The molecule has 1 aliphatic carbocycles. The van der Waals surface area contributed by atoms with Crippen LogP contribution in [-0.4, -0.2) is 29.7 Å². The Kier molecular flexibility index (Phi) is 2.99. The fourth-order valence-corrected chi connectivity index (χ4v) is 3.61. The molecule has 2 aliphatic rings. The van der Waals surface area contributed by atoms with Crippen molar-refractivity contribution in [2.45, 2.75) is 57.5 Å². The zero-order valence-corrected chi connectivity index (χ0v) is 12.5. The molecule has 0 unspecified atom stereocenters. The van der Waals surface area contributed by atoms with Gasteiger partial charge in [0.25, 0.3) is 0 Å². The van der Waals surface area contributed by atoms with Gasteiger partial charge in [0, 0.05) is 17.5 Å². The van der Waals surface area contributed by atoms with Crippen LogP contribution in [0.15, 0.2) is 12.1 Å². The Morgan fingerprint density at radius 3 is 2.65 bits per heavy atom. The topological polar surface area (TPSA) is 47.9 Å². The van der Waals surface area contributed by atoms with Crippen LogP contribution in [-0.2, 0) is 22.3 Å². The van der Waals surface area contributed by atoms with Crippen LogP contribution < -0.4 is 4.74 Å². The average Bonchev–Trinajstić information content (AvgIpc) is 2.60. The van der Waals surface area contributed by atoms with Gasteiger partial charge in [0.1, 0.15) is 17.1 Å². The number of rotatable bonds is 1. The van der Waals surface area contributed by atoms with Gasteiger partial charge in [-0.05, 0) is 45.7 Å². The summed E-state index contributed by atoms with van der Waals surface area (Å²) < 4.78 is 17.5. The van der Waals surface area contributed by atoms with Crippen molar-refractivity contribution in [3.05, 3.63) is 23.3 Å². The Bertz CT molecular complexity index is 538. The van der Waals surface area contributed by atoms with E-state index < -0.39 is 5.79 Å². The lowest BCUT2D eigenvalue weighted by Gasteiger charge is -2.37.